The zero-order valence-electron chi connectivity index (χ0n) is 11.8. The van der Waals surface area contributed by atoms with Gasteiger partial charge in [-0.05, 0) is 43.2 Å². The molecule has 0 heterocycles. The average molecular weight is 302 g/mol. The fourth-order valence-electron chi connectivity index (χ4n) is 1.84. The van der Waals surface area contributed by atoms with Crippen molar-refractivity contribution in [3.05, 3.63) is 59.7 Å². The number of benzene rings is 2. The van der Waals surface area contributed by atoms with Crippen LogP contribution in [0, 0.1) is 6.92 Å². The number of hydroxylamine groups is 1. The highest BCUT2D eigenvalue weighted by atomic mass is 32.2. The van der Waals surface area contributed by atoms with E-state index in [4.69, 9.17) is 5.21 Å². The van der Waals surface area contributed by atoms with Crippen LogP contribution in [-0.2, 0) is 6.42 Å². The summed E-state index contributed by atoms with van der Waals surface area (Å²) >= 11 is 1.78. The third-order valence-electron chi connectivity index (χ3n) is 2.99. The number of hydrogen-bond acceptors (Lipinski definition) is 3. The molecule has 3 N–H and O–H groups in total. The van der Waals surface area contributed by atoms with E-state index in [0.29, 0.717) is 5.69 Å². The largest absolute Gasteiger partial charge is 0.342 e. The van der Waals surface area contributed by atoms with Crippen molar-refractivity contribution in [1.29, 1.82) is 0 Å². The molecule has 0 unspecified atom stereocenters. The van der Waals surface area contributed by atoms with E-state index in [9.17, 15) is 4.79 Å². The fraction of sp³-hybridized carbons (Fsp3) is 0.188. The molecule has 0 radical (unpaired) electrons. The van der Waals surface area contributed by atoms with Gasteiger partial charge >= 0.3 is 6.03 Å². The molecule has 21 heavy (non-hydrogen) atoms. The van der Waals surface area contributed by atoms with Crippen molar-refractivity contribution in [1.82, 2.24) is 5.48 Å². The summed E-state index contributed by atoms with van der Waals surface area (Å²) in [5.74, 6) is 1.01. The van der Waals surface area contributed by atoms with E-state index in [1.165, 1.54) is 16.6 Å². The molecule has 2 amide bonds. The van der Waals surface area contributed by atoms with Crippen LogP contribution in [0.15, 0.2) is 53.4 Å². The number of amides is 2. The number of thioether (sulfide) groups is 1. The Kier molecular flexibility index (Phi) is 5.66. The van der Waals surface area contributed by atoms with Gasteiger partial charge in [0.2, 0.25) is 0 Å². The third kappa shape index (κ3) is 5.13. The number of anilines is 1. The second-order valence-corrected chi connectivity index (χ2v) is 5.84. The maximum absolute atomic E-state index is 10.9. The van der Waals surface area contributed by atoms with Crippen LogP contribution < -0.4 is 10.8 Å². The summed E-state index contributed by atoms with van der Waals surface area (Å²) in [6.07, 6.45) is 1.03. The van der Waals surface area contributed by atoms with E-state index in [0.717, 1.165) is 17.1 Å². The number of nitrogens with one attached hydrogen (secondary N) is 2. The first-order chi connectivity index (χ1) is 10.2. The highest BCUT2D eigenvalue weighted by Crippen LogP contribution is 2.21. The Balaban J connectivity index is 1.80. The van der Waals surface area contributed by atoms with Crippen molar-refractivity contribution in [2.24, 2.45) is 0 Å². The molecule has 0 bridgehead atoms. The van der Waals surface area contributed by atoms with E-state index in [1.54, 1.807) is 11.8 Å². The normalized spacial score (nSPS) is 10.2. The van der Waals surface area contributed by atoms with Gasteiger partial charge in [0.25, 0.3) is 0 Å². The molecule has 0 aliphatic carbocycles. The highest BCUT2D eigenvalue weighted by Gasteiger charge is 2.00. The van der Waals surface area contributed by atoms with E-state index >= 15 is 0 Å². The van der Waals surface area contributed by atoms with Crippen LogP contribution >= 0.6 is 11.8 Å². The van der Waals surface area contributed by atoms with Crippen molar-refractivity contribution >= 4 is 23.5 Å². The molecule has 110 valence electrons. The first kappa shape index (κ1) is 15.4. The summed E-state index contributed by atoms with van der Waals surface area (Å²) in [6.45, 7) is 2.09. The SMILES string of the molecule is Cc1ccc(CCSc2ccc(NC(=O)NO)cc2)cc1. The molecular weight excluding hydrogens is 284 g/mol. The molecular formula is C16H18N2O2S. The van der Waals surface area contributed by atoms with Gasteiger partial charge in [-0.2, -0.15) is 0 Å². The molecule has 2 aromatic rings. The summed E-state index contributed by atoms with van der Waals surface area (Å²) in [5.41, 5.74) is 4.79. The summed E-state index contributed by atoms with van der Waals surface area (Å²) in [5, 5.41) is 10.9. The van der Waals surface area contributed by atoms with Gasteiger partial charge in [-0.1, -0.05) is 29.8 Å². The molecule has 0 saturated heterocycles. The molecule has 0 aliphatic rings. The first-order valence-electron chi connectivity index (χ1n) is 6.67. The lowest BCUT2D eigenvalue weighted by molar-refractivity contribution is 0.172. The molecule has 0 atom stereocenters. The Hall–Kier alpha value is -1.98. The van der Waals surface area contributed by atoms with E-state index in [2.05, 4.69) is 36.5 Å². The Labute approximate surface area is 128 Å². The van der Waals surface area contributed by atoms with Crippen molar-refractivity contribution in [3.63, 3.8) is 0 Å². The van der Waals surface area contributed by atoms with E-state index in [-0.39, 0.29) is 0 Å². The summed E-state index contributed by atoms with van der Waals surface area (Å²) in [7, 11) is 0. The third-order valence-corrected chi connectivity index (χ3v) is 4.01. The topological polar surface area (TPSA) is 61.4 Å². The van der Waals surface area contributed by atoms with Gasteiger partial charge in [0, 0.05) is 16.3 Å². The minimum Gasteiger partial charge on any atom is -0.306 e. The van der Waals surface area contributed by atoms with E-state index in [1.807, 2.05) is 24.3 Å². The van der Waals surface area contributed by atoms with Gasteiger partial charge in [-0.15, -0.1) is 11.8 Å². The van der Waals surface area contributed by atoms with Gasteiger partial charge in [-0.3, -0.25) is 5.21 Å². The van der Waals surface area contributed by atoms with Crippen LogP contribution in [0.25, 0.3) is 0 Å². The fourth-order valence-corrected chi connectivity index (χ4v) is 2.74. The van der Waals surface area contributed by atoms with Crippen molar-refractivity contribution in [2.75, 3.05) is 11.1 Å². The Morgan fingerprint density at radius 2 is 1.76 bits per heavy atom. The van der Waals surface area contributed by atoms with E-state index < -0.39 is 6.03 Å². The first-order valence-corrected chi connectivity index (χ1v) is 7.65. The highest BCUT2D eigenvalue weighted by molar-refractivity contribution is 7.99. The Bertz CT molecular complexity index is 582. The second kappa shape index (κ2) is 7.71. The zero-order valence-corrected chi connectivity index (χ0v) is 12.6. The van der Waals surface area contributed by atoms with Crippen LogP contribution in [0.2, 0.25) is 0 Å². The van der Waals surface area contributed by atoms with Crippen LogP contribution in [0.3, 0.4) is 0 Å². The Morgan fingerprint density at radius 1 is 1.10 bits per heavy atom. The number of aryl methyl sites for hydroxylation is 2. The standard InChI is InChI=1S/C16H18N2O2S/c1-12-2-4-13(5-3-12)10-11-21-15-8-6-14(7-9-15)17-16(19)18-20/h2-9,20H,10-11H2,1H3,(H2,17,18,19). The summed E-state index contributed by atoms with van der Waals surface area (Å²) in [6, 6.07) is 15.5. The molecule has 5 heteroatoms. The lowest BCUT2D eigenvalue weighted by atomic mass is 10.1. The number of urea groups is 1. The molecule has 2 rings (SSSR count). The molecule has 0 fully saturated rings. The molecule has 0 saturated carbocycles. The van der Waals surface area contributed by atoms with Crippen LogP contribution in [-0.4, -0.2) is 17.0 Å². The zero-order chi connectivity index (χ0) is 15.1. The summed E-state index contributed by atoms with van der Waals surface area (Å²) < 4.78 is 0. The van der Waals surface area contributed by atoms with Gasteiger partial charge < -0.3 is 5.32 Å². The maximum atomic E-state index is 10.9. The molecule has 0 spiro atoms. The monoisotopic (exact) mass is 302 g/mol. The minimum absolute atomic E-state index is 0.643. The maximum Gasteiger partial charge on any atom is 0.342 e. The number of carbonyl (C=O) groups is 1. The predicted octanol–water partition coefficient (Wildman–Crippen LogP) is 3.84. The number of hydrogen-bond donors (Lipinski definition) is 3. The average Bonchev–Trinajstić information content (AvgIpc) is 2.51. The number of rotatable bonds is 5. The smallest absolute Gasteiger partial charge is 0.306 e. The molecule has 2 aromatic carbocycles. The van der Waals surface area contributed by atoms with Gasteiger partial charge in [0.1, 0.15) is 0 Å². The molecule has 4 nitrogen and oxygen atoms in total. The second-order valence-electron chi connectivity index (χ2n) is 4.67. The van der Waals surface area contributed by atoms with Crippen molar-refractivity contribution < 1.29 is 10.0 Å². The lowest BCUT2D eigenvalue weighted by Crippen LogP contribution is -2.24. The van der Waals surface area contributed by atoms with Gasteiger partial charge in [0.15, 0.2) is 0 Å². The molecule has 0 aromatic heterocycles. The van der Waals surface area contributed by atoms with Gasteiger partial charge in [-0.25, -0.2) is 10.3 Å². The van der Waals surface area contributed by atoms with Crippen LogP contribution in [0.1, 0.15) is 11.1 Å². The summed E-state index contributed by atoms with van der Waals surface area (Å²) in [4.78, 5) is 12.1. The quantitative estimate of drug-likeness (QED) is 0.447. The van der Waals surface area contributed by atoms with Gasteiger partial charge in [0.05, 0.1) is 0 Å². The lowest BCUT2D eigenvalue weighted by Gasteiger charge is -2.06. The Morgan fingerprint density at radius 3 is 2.38 bits per heavy atom. The molecule has 0 aliphatic heterocycles. The number of carbonyl (C=O) groups excluding carboxylic acids is 1. The van der Waals surface area contributed by atoms with Crippen molar-refractivity contribution in [2.45, 2.75) is 18.2 Å². The van der Waals surface area contributed by atoms with Crippen LogP contribution in [0.4, 0.5) is 10.5 Å². The van der Waals surface area contributed by atoms with Crippen LogP contribution in [0.5, 0.6) is 0 Å². The minimum atomic E-state index is -0.644. The van der Waals surface area contributed by atoms with Crippen molar-refractivity contribution in [3.8, 4) is 0 Å². The predicted molar refractivity (Wildman–Crippen MR) is 86.0 cm³/mol.